The number of nitrogens with one attached hydrogen (secondary N) is 1. The smallest absolute Gasteiger partial charge is 0.258 e. The van der Waals surface area contributed by atoms with Gasteiger partial charge < -0.3 is 0 Å². The summed E-state index contributed by atoms with van der Waals surface area (Å²) in [6.07, 6.45) is 0.750. The number of nitro benzene ring substituents is 1. The number of para-hydroxylation sites is 1. The van der Waals surface area contributed by atoms with E-state index in [-0.39, 0.29) is 0 Å². The first-order chi connectivity index (χ1) is 6.13. The van der Waals surface area contributed by atoms with Crippen LogP contribution in [-0.4, -0.2) is 11.0 Å². The van der Waals surface area contributed by atoms with E-state index in [9.17, 15) is 14.5 Å². The highest BCUT2D eigenvalue weighted by Crippen LogP contribution is 2.14. The van der Waals surface area contributed by atoms with E-state index in [1.54, 1.807) is 0 Å². The maximum Gasteiger partial charge on any atom is 0.304 e. The summed E-state index contributed by atoms with van der Waals surface area (Å²) in [7, 11) is 0. The van der Waals surface area contributed by atoms with Crippen molar-refractivity contribution in [3.63, 3.8) is 0 Å². The van der Waals surface area contributed by atoms with Crippen molar-refractivity contribution in [2.75, 3.05) is 0 Å². The largest absolute Gasteiger partial charge is 0.304 e. The van der Waals surface area contributed by atoms with Crippen LogP contribution in [0.4, 0.5) is 10.1 Å². The molecule has 1 rings (SSSR count). The number of hydrogen-bond acceptors (Lipinski definition) is 4. The highest BCUT2D eigenvalue weighted by molar-refractivity contribution is 5.30. The van der Waals surface area contributed by atoms with E-state index in [1.165, 1.54) is 12.1 Å². The Balaban J connectivity index is 0.000000424. The molecule has 0 bridgehead atoms. The summed E-state index contributed by atoms with van der Waals surface area (Å²) in [5, 5.41) is 15.4. The Bertz CT molecular complexity index is 334. The highest BCUT2D eigenvalue weighted by Gasteiger charge is 2.09. The molecule has 5 nitrogen and oxygen atoms in total. The molecule has 0 heterocycles. The number of hydrogen-bond donors (Lipinski definition) is 1. The predicted octanol–water partition coefficient (Wildman–Crippen LogP) is 1.63. The van der Waals surface area contributed by atoms with Crippen molar-refractivity contribution in [1.29, 1.82) is 5.41 Å². The maximum absolute atomic E-state index is 12.4. The van der Waals surface area contributed by atoms with Crippen LogP contribution in [0.5, 0.6) is 0 Å². The molecular weight excluding hydrogens is 179 g/mol. The molecule has 1 N–H and O–H groups in total. The van der Waals surface area contributed by atoms with Gasteiger partial charge in [0.1, 0.15) is 0 Å². The molecule has 0 saturated heterocycles. The number of benzene rings is 1. The first-order valence-electron chi connectivity index (χ1n) is 3.06. The zero-order valence-corrected chi connectivity index (χ0v) is 6.36. The van der Waals surface area contributed by atoms with Crippen molar-refractivity contribution < 1.29 is 14.1 Å². The number of halogens is 1. The summed E-state index contributed by atoms with van der Waals surface area (Å²) in [6, 6.07) is 5.00. The van der Waals surface area contributed by atoms with Gasteiger partial charge in [0.05, 0.1) is 4.92 Å². The Labute approximate surface area is 72.5 Å². The molecule has 0 saturated carbocycles. The third-order valence-electron chi connectivity index (χ3n) is 1.05. The number of nitro groups is 1. The second kappa shape index (κ2) is 5.56. The molecule has 0 aliphatic rings. The van der Waals surface area contributed by atoms with Gasteiger partial charge in [-0.15, -0.1) is 0 Å². The van der Waals surface area contributed by atoms with Crippen molar-refractivity contribution >= 4 is 11.8 Å². The second-order valence-electron chi connectivity index (χ2n) is 1.81. The minimum Gasteiger partial charge on any atom is -0.258 e. The fourth-order valence-corrected chi connectivity index (χ4v) is 0.600. The average molecular weight is 184 g/mol. The van der Waals surface area contributed by atoms with Crippen LogP contribution in [0.2, 0.25) is 0 Å². The highest BCUT2D eigenvalue weighted by atomic mass is 19.1. The lowest BCUT2D eigenvalue weighted by atomic mass is 10.3. The van der Waals surface area contributed by atoms with E-state index in [0.29, 0.717) is 0 Å². The van der Waals surface area contributed by atoms with Gasteiger partial charge in [0.2, 0.25) is 11.9 Å². The second-order valence-corrected chi connectivity index (χ2v) is 1.81. The minimum absolute atomic E-state index is 0.484. The Morgan fingerprint density at radius 1 is 1.46 bits per heavy atom. The third-order valence-corrected chi connectivity index (χ3v) is 1.05. The molecule has 0 aliphatic heterocycles. The molecule has 0 spiro atoms. The molecule has 0 radical (unpaired) electrons. The van der Waals surface area contributed by atoms with Crippen LogP contribution < -0.4 is 0 Å². The summed E-state index contributed by atoms with van der Waals surface area (Å²) >= 11 is 0. The Hall–Kier alpha value is -2.07. The molecule has 0 unspecified atom stereocenters. The molecular formula is C7H5FN2O3. The van der Waals surface area contributed by atoms with E-state index in [2.05, 4.69) is 0 Å². The van der Waals surface area contributed by atoms with Gasteiger partial charge >= 0.3 is 5.69 Å². The number of nitrogens with zero attached hydrogens (tertiary/aromatic N) is 1. The summed E-state index contributed by atoms with van der Waals surface area (Å²) < 4.78 is 12.4. The Kier molecular flexibility index (Phi) is 4.68. The van der Waals surface area contributed by atoms with Gasteiger partial charge in [-0.2, -0.15) is 4.39 Å². The van der Waals surface area contributed by atoms with Crippen molar-refractivity contribution in [2.45, 2.75) is 0 Å². The van der Waals surface area contributed by atoms with Gasteiger partial charge in [-0.05, 0) is 6.07 Å². The first-order valence-corrected chi connectivity index (χ1v) is 3.06. The molecule has 0 fully saturated rings. The van der Waals surface area contributed by atoms with Crippen LogP contribution in [0.15, 0.2) is 24.3 Å². The van der Waals surface area contributed by atoms with Crippen LogP contribution in [0.25, 0.3) is 0 Å². The van der Waals surface area contributed by atoms with Gasteiger partial charge in [0.25, 0.3) is 0 Å². The fraction of sp³-hybridized carbons (Fsp3) is 0. The van der Waals surface area contributed by atoms with Crippen LogP contribution in [0, 0.1) is 21.3 Å². The quantitative estimate of drug-likeness (QED) is 0.311. The SMILES string of the molecule is N=C=O.O=[N+]([O-])c1ccccc1F. The van der Waals surface area contributed by atoms with E-state index in [0.717, 1.165) is 18.2 Å². The van der Waals surface area contributed by atoms with Crippen LogP contribution in [-0.2, 0) is 4.79 Å². The summed E-state index contributed by atoms with van der Waals surface area (Å²) in [5.74, 6) is -0.799. The first kappa shape index (κ1) is 10.9. The normalized spacial score (nSPS) is 7.77. The Morgan fingerprint density at radius 2 is 1.92 bits per heavy atom. The van der Waals surface area contributed by atoms with Gasteiger partial charge in [0.15, 0.2) is 0 Å². The summed E-state index contributed by atoms with van der Waals surface area (Å²) in [5.41, 5.74) is -0.484. The molecule has 6 heteroatoms. The average Bonchev–Trinajstić information content (AvgIpc) is 2.06. The van der Waals surface area contributed by atoms with E-state index >= 15 is 0 Å². The summed E-state index contributed by atoms with van der Waals surface area (Å²) in [6.45, 7) is 0. The number of carbonyl (C=O) groups excluding carboxylic acids is 1. The monoisotopic (exact) mass is 184 g/mol. The van der Waals surface area contributed by atoms with Gasteiger partial charge in [-0.25, -0.2) is 10.2 Å². The van der Waals surface area contributed by atoms with Crippen molar-refractivity contribution in [3.05, 3.63) is 40.2 Å². The molecule has 1 aromatic rings. The topological polar surface area (TPSA) is 84.1 Å². The minimum atomic E-state index is -0.799. The lowest BCUT2D eigenvalue weighted by Crippen LogP contribution is -1.90. The molecule has 0 aromatic heterocycles. The zero-order valence-electron chi connectivity index (χ0n) is 6.36. The van der Waals surface area contributed by atoms with E-state index in [1.807, 2.05) is 0 Å². The molecule has 0 aliphatic carbocycles. The lowest BCUT2D eigenvalue weighted by Gasteiger charge is -1.89. The van der Waals surface area contributed by atoms with Crippen molar-refractivity contribution in [2.24, 2.45) is 0 Å². The fourth-order valence-electron chi connectivity index (χ4n) is 0.600. The predicted molar refractivity (Wildman–Crippen MR) is 41.5 cm³/mol. The van der Waals surface area contributed by atoms with Gasteiger partial charge in [-0.1, -0.05) is 12.1 Å². The number of isocyanates is 1. The molecule has 13 heavy (non-hydrogen) atoms. The standard InChI is InChI=1S/C6H4FNO2.CHNO/c7-5-3-1-2-4-6(5)8(9)10;2-1-3/h1-4H;2H. The van der Waals surface area contributed by atoms with Gasteiger partial charge in [0, 0.05) is 6.07 Å². The van der Waals surface area contributed by atoms with Crippen molar-refractivity contribution in [1.82, 2.24) is 0 Å². The maximum atomic E-state index is 12.4. The Morgan fingerprint density at radius 3 is 2.23 bits per heavy atom. The number of rotatable bonds is 1. The van der Waals surface area contributed by atoms with E-state index in [4.69, 9.17) is 10.2 Å². The third kappa shape index (κ3) is 3.74. The van der Waals surface area contributed by atoms with Crippen LogP contribution in [0.3, 0.4) is 0 Å². The summed E-state index contributed by atoms with van der Waals surface area (Å²) in [4.78, 5) is 17.6. The van der Waals surface area contributed by atoms with Crippen LogP contribution >= 0.6 is 0 Å². The van der Waals surface area contributed by atoms with Crippen LogP contribution in [0.1, 0.15) is 0 Å². The molecule has 0 atom stereocenters. The van der Waals surface area contributed by atoms with E-state index < -0.39 is 16.4 Å². The molecule has 68 valence electrons. The molecule has 0 amide bonds. The van der Waals surface area contributed by atoms with Crippen molar-refractivity contribution in [3.8, 4) is 0 Å². The lowest BCUT2D eigenvalue weighted by molar-refractivity contribution is -0.387. The zero-order chi connectivity index (χ0) is 10.3. The van der Waals surface area contributed by atoms with Gasteiger partial charge in [-0.3, -0.25) is 10.1 Å². The molecule has 1 aromatic carbocycles.